The molecule has 86 valence electrons. The molecule has 16 heavy (non-hydrogen) atoms. The summed E-state index contributed by atoms with van der Waals surface area (Å²) >= 11 is 0. The second kappa shape index (κ2) is 3.96. The molecular formula is C10H14N4O2. The Morgan fingerprint density at radius 3 is 2.94 bits per heavy atom. The van der Waals surface area contributed by atoms with Crippen molar-refractivity contribution in [3.8, 4) is 0 Å². The van der Waals surface area contributed by atoms with E-state index in [2.05, 4.69) is 15.6 Å². The second-order valence-corrected chi connectivity index (χ2v) is 4.01. The van der Waals surface area contributed by atoms with Crippen molar-refractivity contribution in [3.05, 3.63) is 22.1 Å². The summed E-state index contributed by atoms with van der Waals surface area (Å²) in [4.78, 5) is 26.8. The summed E-state index contributed by atoms with van der Waals surface area (Å²) in [5, 5.41) is 5.76. The van der Waals surface area contributed by atoms with Gasteiger partial charge in [-0.25, -0.2) is 0 Å². The van der Waals surface area contributed by atoms with Gasteiger partial charge in [0.1, 0.15) is 5.69 Å². The van der Waals surface area contributed by atoms with E-state index in [1.54, 1.807) is 4.57 Å². The first-order valence-electron chi connectivity index (χ1n) is 5.24. The molecule has 0 aliphatic carbocycles. The average molecular weight is 222 g/mol. The molecule has 0 spiro atoms. The number of nitrogens with one attached hydrogen (secondary N) is 2. The summed E-state index contributed by atoms with van der Waals surface area (Å²) in [5.41, 5.74) is -0.0270. The van der Waals surface area contributed by atoms with Crippen LogP contribution in [-0.4, -0.2) is 28.0 Å². The zero-order valence-corrected chi connectivity index (χ0v) is 9.28. The van der Waals surface area contributed by atoms with Crippen LogP contribution in [0.1, 0.15) is 24.3 Å². The molecule has 2 heterocycles. The number of carbonyl (C=O) groups is 1. The van der Waals surface area contributed by atoms with Gasteiger partial charge >= 0.3 is 0 Å². The number of amides is 1. The lowest BCUT2D eigenvalue weighted by Gasteiger charge is -2.23. The standard InChI is InChI=1S/C10H14N4O2/c1-6(2)12-10-13-8(15)5-7-9(16)11-3-4-14(7)10/h5-6H,3-4H2,1-2H3,(H,11,16)(H,12,13,15). The van der Waals surface area contributed by atoms with Crippen molar-refractivity contribution in [2.45, 2.75) is 26.4 Å². The van der Waals surface area contributed by atoms with Crippen molar-refractivity contribution in [1.82, 2.24) is 14.9 Å². The molecule has 0 atom stereocenters. The number of aromatic nitrogens is 2. The van der Waals surface area contributed by atoms with Crippen LogP contribution in [0.25, 0.3) is 0 Å². The van der Waals surface area contributed by atoms with Crippen molar-refractivity contribution in [3.63, 3.8) is 0 Å². The van der Waals surface area contributed by atoms with E-state index in [0.717, 1.165) is 0 Å². The molecule has 0 unspecified atom stereocenters. The third-order valence-corrected chi connectivity index (χ3v) is 2.29. The average Bonchev–Trinajstić information content (AvgIpc) is 2.18. The molecule has 6 nitrogen and oxygen atoms in total. The number of rotatable bonds is 2. The van der Waals surface area contributed by atoms with E-state index in [1.807, 2.05) is 13.8 Å². The van der Waals surface area contributed by atoms with E-state index in [1.165, 1.54) is 6.07 Å². The maximum absolute atomic E-state index is 11.5. The fraction of sp³-hybridized carbons (Fsp3) is 0.500. The van der Waals surface area contributed by atoms with Crippen molar-refractivity contribution in [2.24, 2.45) is 0 Å². The lowest BCUT2D eigenvalue weighted by atomic mass is 10.3. The Balaban J connectivity index is 2.52. The molecule has 0 fully saturated rings. The minimum atomic E-state index is -0.397. The SMILES string of the molecule is CC(C)Nc1nc(=O)cc2n1CCNC2=O. The van der Waals surface area contributed by atoms with Gasteiger partial charge in [-0.2, -0.15) is 4.98 Å². The summed E-state index contributed by atoms with van der Waals surface area (Å²) in [6, 6.07) is 1.43. The minimum Gasteiger partial charge on any atom is -0.353 e. The van der Waals surface area contributed by atoms with Crippen molar-refractivity contribution < 1.29 is 4.79 Å². The highest BCUT2D eigenvalue weighted by molar-refractivity contribution is 5.93. The smallest absolute Gasteiger partial charge is 0.275 e. The molecule has 1 aliphatic rings. The van der Waals surface area contributed by atoms with Gasteiger partial charge in [0.05, 0.1) is 0 Å². The Labute approximate surface area is 92.7 Å². The number of nitrogens with zero attached hydrogens (tertiary/aromatic N) is 2. The molecule has 1 aromatic heterocycles. The Kier molecular flexibility index (Phi) is 2.64. The van der Waals surface area contributed by atoms with Crippen LogP contribution in [0.5, 0.6) is 0 Å². The normalized spacial score (nSPS) is 14.6. The summed E-state index contributed by atoms with van der Waals surface area (Å²) in [6.45, 7) is 5.09. The van der Waals surface area contributed by atoms with E-state index < -0.39 is 5.56 Å². The number of anilines is 1. The first-order valence-corrected chi connectivity index (χ1v) is 5.24. The summed E-state index contributed by atoms with van der Waals surface area (Å²) in [6.07, 6.45) is 0. The fourth-order valence-corrected chi connectivity index (χ4v) is 1.66. The number of fused-ring (bicyclic) bond motifs is 1. The molecule has 0 bridgehead atoms. The first-order chi connectivity index (χ1) is 7.58. The monoisotopic (exact) mass is 222 g/mol. The number of hydrogen-bond donors (Lipinski definition) is 2. The zero-order chi connectivity index (χ0) is 11.7. The van der Waals surface area contributed by atoms with Crippen LogP contribution < -0.4 is 16.2 Å². The Morgan fingerprint density at radius 2 is 2.25 bits per heavy atom. The maximum Gasteiger partial charge on any atom is 0.275 e. The predicted octanol–water partition coefficient (Wildman–Crippen LogP) is -0.193. The third-order valence-electron chi connectivity index (χ3n) is 2.29. The lowest BCUT2D eigenvalue weighted by molar-refractivity contribution is 0.0926. The summed E-state index contributed by atoms with van der Waals surface area (Å²) < 4.78 is 1.74. The van der Waals surface area contributed by atoms with Gasteiger partial charge in [0, 0.05) is 25.2 Å². The largest absolute Gasteiger partial charge is 0.353 e. The molecule has 2 N–H and O–H groups in total. The van der Waals surface area contributed by atoms with Crippen LogP contribution in [0, 0.1) is 0 Å². The molecule has 0 saturated heterocycles. The van der Waals surface area contributed by atoms with Gasteiger partial charge in [-0.15, -0.1) is 0 Å². The summed E-state index contributed by atoms with van der Waals surface area (Å²) in [5.74, 6) is 0.241. The van der Waals surface area contributed by atoms with E-state index in [-0.39, 0.29) is 11.9 Å². The zero-order valence-electron chi connectivity index (χ0n) is 9.28. The van der Waals surface area contributed by atoms with Gasteiger partial charge in [0.2, 0.25) is 5.95 Å². The Morgan fingerprint density at radius 1 is 1.50 bits per heavy atom. The summed E-state index contributed by atoms with van der Waals surface area (Å²) in [7, 11) is 0. The Bertz CT molecular complexity index is 478. The maximum atomic E-state index is 11.5. The van der Waals surface area contributed by atoms with Crippen molar-refractivity contribution >= 4 is 11.9 Å². The Hall–Kier alpha value is -1.85. The molecule has 6 heteroatoms. The van der Waals surface area contributed by atoms with Crippen molar-refractivity contribution in [2.75, 3.05) is 11.9 Å². The van der Waals surface area contributed by atoms with Crippen LogP contribution in [-0.2, 0) is 6.54 Å². The molecule has 0 aromatic carbocycles. The molecule has 1 amide bonds. The van der Waals surface area contributed by atoms with Crippen LogP contribution >= 0.6 is 0 Å². The molecule has 0 radical (unpaired) electrons. The van der Waals surface area contributed by atoms with E-state index in [9.17, 15) is 9.59 Å². The minimum absolute atomic E-state index is 0.163. The number of hydrogen-bond acceptors (Lipinski definition) is 4. The van der Waals surface area contributed by atoms with Gasteiger partial charge in [0.25, 0.3) is 11.5 Å². The highest BCUT2D eigenvalue weighted by Crippen LogP contribution is 2.10. The topological polar surface area (TPSA) is 76.0 Å². The highest BCUT2D eigenvalue weighted by Gasteiger charge is 2.19. The second-order valence-electron chi connectivity index (χ2n) is 4.01. The van der Waals surface area contributed by atoms with Gasteiger partial charge in [-0.05, 0) is 13.8 Å². The molecule has 1 aromatic rings. The van der Waals surface area contributed by atoms with Crippen LogP contribution in [0.15, 0.2) is 10.9 Å². The van der Waals surface area contributed by atoms with Gasteiger partial charge < -0.3 is 15.2 Å². The van der Waals surface area contributed by atoms with Crippen molar-refractivity contribution in [1.29, 1.82) is 0 Å². The van der Waals surface area contributed by atoms with Gasteiger partial charge in [-0.1, -0.05) is 0 Å². The van der Waals surface area contributed by atoms with Crippen LogP contribution in [0.3, 0.4) is 0 Å². The lowest BCUT2D eigenvalue weighted by Crippen LogP contribution is -2.39. The predicted molar refractivity (Wildman–Crippen MR) is 59.6 cm³/mol. The van der Waals surface area contributed by atoms with E-state index >= 15 is 0 Å². The molecule has 0 saturated carbocycles. The first kappa shape index (κ1) is 10.7. The quantitative estimate of drug-likeness (QED) is 0.727. The van der Waals surface area contributed by atoms with Gasteiger partial charge in [0.15, 0.2) is 0 Å². The third kappa shape index (κ3) is 1.91. The van der Waals surface area contributed by atoms with Crippen LogP contribution in [0.4, 0.5) is 5.95 Å². The number of carbonyl (C=O) groups excluding carboxylic acids is 1. The van der Waals surface area contributed by atoms with Gasteiger partial charge in [-0.3, -0.25) is 9.59 Å². The molecule has 2 rings (SSSR count). The van der Waals surface area contributed by atoms with E-state index in [0.29, 0.717) is 24.7 Å². The van der Waals surface area contributed by atoms with E-state index in [4.69, 9.17) is 0 Å². The molecular weight excluding hydrogens is 208 g/mol. The highest BCUT2D eigenvalue weighted by atomic mass is 16.2. The van der Waals surface area contributed by atoms with Crippen LogP contribution in [0.2, 0.25) is 0 Å². The fourth-order valence-electron chi connectivity index (χ4n) is 1.66. The molecule has 1 aliphatic heterocycles.